The molecule has 2 aromatic heterocycles. The SMILES string of the molecule is Cc1nn(-c2ccccc2)c(C)c1CN1CCn2cc(O)c(=O)cc2C1. The van der Waals surface area contributed by atoms with Gasteiger partial charge in [0, 0.05) is 49.2 Å². The zero-order valence-corrected chi connectivity index (χ0v) is 15.0. The summed E-state index contributed by atoms with van der Waals surface area (Å²) in [6.07, 6.45) is 1.54. The number of rotatable bonds is 3. The minimum Gasteiger partial charge on any atom is -0.503 e. The van der Waals surface area contributed by atoms with Crippen LogP contribution >= 0.6 is 0 Å². The van der Waals surface area contributed by atoms with Crippen molar-refractivity contribution in [2.45, 2.75) is 33.5 Å². The van der Waals surface area contributed by atoms with Crippen molar-refractivity contribution in [3.8, 4) is 11.4 Å². The van der Waals surface area contributed by atoms with Gasteiger partial charge in [-0.2, -0.15) is 5.10 Å². The Morgan fingerprint density at radius 2 is 1.92 bits per heavy atom. The Labute approximate surface area is 151 Å². The second-order valence-electron chi connectivity index (χ2n) is 6.82. The Hall–Kier alpha value is -2.86. The van der Waals surface area contributed by atoms with E-state index in [0.717, 1.165) is 42.4 Å². The van der Waals surface area contributed by atoms with Crippen LogP contribution in [0.15, 0.2) is 47.4 Å². The summed E-state index contributed by atoms with van der Waals surface area (Å²) in [5, 5.41) is 14.3. The van der Waals surface area contributed by atoms with Crippen molar-refractivity contribution in [3.05, 3.63) is 75.5 Å². The molecule has 1 aliphatic heterocycles. The molecule has 0 aliphatic carbocycles. The molecule has 0 radical (unpaired) electrons. The van der Waals surface area contributed by atoms with Gasteiger partial charge in [-0.05, 0) is 26.0 Å². The summed E-state index contributed by atoms with van der Waals surface area (Å²) in [5.41, 5.74) is 5.07. The van der Waals surface area contributed by atoms with Crippen LogP contribution in [0.2, 0.25) is 0 Å². The third kappa shape index (κ3) is 2.93. The highest BCUT2D eigenvalue weighted by Gasteiger charge is 2.20. The maximum atomic E-state index is 11.7. The van der Waals surface area contributed by atoms with Gasteiger partial charge in [0.25, 0.3) is 0 Å². The van der Waals surface area contributed by atoms with Crippen LogP contribution in [0.1, 0.15) is 22.6 Å². The molecule has 0 fully saturated rings. The molecule has 3 heterocycles. The molecule has 26 heavy (non-hydrogen) atoms. The Kier molecular flexibility index (Phi) is 4.12. The molecule has 6 heteroatoms. The Bertz CT molecular complexity index is 1000. The topological polar surface area (TPSA) is 63.3 Å². The molecule has 0 unspecified atom stereocenters. The van der Waals surface area contributed by atoms with E-state index in [1.165, 1.54) is 11.6 Å². The second-order valence-corrected chi connectivity index (χ2v) is 6.82. The number of hydrogen-bond acceptors (Lipinski definition) is 4. The molecule has 1 N–H and O–H groups in total. The molecule has 6 nitrogen and oxygen atoms in total. The maximum absolute atomic E-state index is 11.7. The first-order chi connectivity index (χ1) is 12.5. The van der Waals surface area contributed by atoms with E-state index in [0.29, 0.717) is 6.54 Å². The summed E-state index contributed by atoms with van der Waals surface area (Å²) in [4.78, 5) is 14.0. The predicted octanol–water partition coefficient (Wildman–Crippen LogP) is 2.37. The van der Waals surface area contributed by atoms with Gasteiger partial charge in [0.15, 0.2) is 5.75 Å². The van der Waals surface area contributed by atoms with Gasteiger partial charge in [-0.3, -0.25) is 9.69 Å². The van der Waals surface area contributed by atoms with Crippen molar-refractivity contribution in [1.29, 1.82) is 0 Å². The van der Waals surface area contributed by atoms with Gasteiger partial charge in [0.2, 0.25) is 5.43 Å². The third-order valence-corrected chi connectivity index (χ3v) is 5.06. The number of fused-ring (bicyclic) bond motifs is 1. The largest absolute Gasteiger partial charge is 0.503 e. The van der Waals surface area contributed by atoms with Crippen LogP contribution < -0.4 is 5.43 Å². The summed E-state index contributed by atoms with van der Waals surface area (Å²) in [6, 6.07) is 11.7. The standard InChI is InChI=1S/C20H22N4O2/c1-14-18(15(2)24(21-14)16-6-4-3-5-7-16)12-22-8-9-23-13-20(26)19(25)10-17(23)11-22/h3-7,10,13,26H,8-9,11-12H2,1-2H3. The minimum absolute atomic E-state index is 0.182. The molecule has 0 amide bonds. The van der Waals surface area contributed by atoms with Crippen LogP contribution in [0.4, 0.5) is 0 Å². The smallest absolute Gasteiger partial charge is 0.223 e. The summed E-state index contributed by atoms with van der Waals surface area (Å²) in [7, 11) is 0. The van der Waals surface area contributed by atoms with E-state index in [-0.39, 0.29) is 11.2 Å². The van der Waals surface area contributed by atoms with Crippen molar-refractivity contribution < 1.29 is 5.11 Å². The van der Waals surface area contributed by atoms with Crippen LogP contribution in [0.5, 0.6) is 5.75 Å². The van der Waals surface area contributed by atoms with Gasteiger partial charge in [-0.1, -0.05) is 18.2 Å². The maximum Gasteiger partial charge on any atom is 0.223 e. The second kappa shape index (κ2) is 6.46. The highest BCUT2D eigenvalue weighted by atomic mass is 16.3. The Morgan fingerprint density at radius 3 is 2.69 bits per heavy atom. The fourth-order valence-corrected chi connectivity index (χ4v) is 3.59. The van der Waals surface area contributed by atoms with Crippen molar-refractivity contribution in [2.24, 2.45) is 0 Å². The summed E-state index contributed by atoms with van der Waals surface area (Å²) in [5.74, 6) is -0.182. The first-order valence-corrected chi connectivity index (χ1v) is 8.78. The first kappa shape index (κ1) is 16.6. The van der Waals surface area contributed by atoms with Crippen molar-refractivity contribution in [3.63, 3.8) is 0 Å². The van der Waals surface area contributed by atoms with E-state index in [1.807, 2.05) is 34.4 Å². The van der Waals surface area contributed by atoms with E-state index in [9.17, 15) is 9.90 Å². The molecule has 1 aliphatic rings. The summed E-state index contributed by atoms with van der Waals surface area (Å²) >= 11 is 0. The molecule has 0 saturated carbocycles. The quantitative estimate of drug-likeness (QED) is 0.788. The van der Waals surface area contributed by atoms with Gasteiger partial charge >= 0.3 is 0 Å². The Balaban J connectivity index is 1.59. The van der Waals surface area contributed by atoms with E-state index in [2.05, 4.69) is 24.0 Å². The third-order valence-electron chi connectivity index (χ3n) is 5.06. The number of para-hydroxylation sites is 1. The Morgan fingerprint density at radius 1 is 1.15 bits per heavy atom. The molecule has 0 bridgehead atoms. The molecule has 134 valence electrons. The molecule has 0 spiro atoms. The van der Waals surface area contributed by atoms with Gasteiger partial charge < -0.3 is 9.67 Å². The lowest BCUT2D eigenvalue weighted by atomic mass is 10.1. The lowest BCUT2D eigenvalue weighted by Crippen LogP contribution is -2.34. The van der Waals surface area contributed by atoms with E-state index in [4.69, 9.17) is 5.10 Å². The number of hydrogen-bond donors (Lipinski definition) is 1. The fraction of sp³-hybridized carbons (Fsp3) is 0.300. The lowest BCUT2D eigenvalue weighted by Gasteiger charge is -2.30. The zero-order chi connectivity index (χ0) is 18.3. The lowest BCUT2D eigenvalue weighted by molar-refractivity contribution is 0.209. The van der Waals surface area contributed by atoms with Crippen molar-refractivity contribution in [2.75, 3.05) is 6.54 Å². The highest BCUT2D eigenvalue weighted by molar-refractivity contribution is 5.37. The number of aryl methyl sites for hydroxylation is 1. The van der Waals surface area contributed by atoms with Crippen molar-refractivity contribution >= 4 is 0 Å². The van der Waals surface area contributed by atoms with E-state index in [1.54, 1.807) is 6.20 Å². The van der Waals surface area contributed by atoms with Gasteiger partial charge in [0.1, 0.15) is 0 Å². The van der Waals surface area contributed by atoms with Crippen molar-refractivity contribution in [1.82, 2.24) is 19.2 Å². The van der Waals surface area contributed by atoms with Crippen LogP contribution in [0.25, 0.3) is 5.69 Å². The summed E-state index contributed by atoms with van der Waals surface area (Å²) in [6.45, 7) is 7.24. The van der Waals surface area contributed by atoms with Crippen LogP contribution in [0.3, 0.4) is 0 Å². The normalized spacial score (nSPS) is 14.4. The average Bonchev–Trinajstić information content (AvgIpc) is 2.92. The monoisotopic (exact) mass is 350 g/mol. The molecular formula is C20H22N4O2. The molecular weight excluding hydrogens is 328 g/mol. The molecule has 4 rings (SSSR count). The average molecular weight is 350 g/mol. The summed E-state index contributed by atoms with van der Waals surface area (Å²) < 4.78 is 3.95. The molecule has 0 saturated heterocycles. The van der Waals surface area contributed by atoms with Crippen LogP contribution in [-0.2, 0) is 19.6 Å². The van der Waals surface area contributed by atoms with E-state index >= 15 is 0 Å². The van der Waals surface area contributed by atoms with Gasteiger partial charge in [0.05, 0.1) is 17.6 Å². The van der Waals surface area contributed by atoms with Crippen LogP contribution in [-0.4, -0.2) is 30.9 Å². The highest BCUT2D eigenvalue weighted by Crippen LogP contribution is 2.22. The minimum atomic E-state index is -0.317. The van der Waals surface area contributed by atoms with Gasteiger partial charge in [-0.25, -0.2) is 4.68 Å². The van der Waals surface area contributed by atoms with Gasteiger partial charge in [-0.15, -0.1) is 0 Å². The number of aromatic hydroxyl groups is 1. The van der Waals surface area contributed by atoms with Crippen LogP contribution in [0, 0.1) is 13.8 Å². The fourth-order valence-electron chi connectivity index (χ4n) is 3.59. The molecule has 3 aromatic rings. The zero-order valence-electron chi connectivity index (χ0n) is 15.0. The number of nitrogens with zero attached hydrogens (tertiary/aromatic N) is 4. The molecule has 0 atom stereocenters. The number of aromatic nitrogens is 3. The van der Waals surface area contributed by atoms with E-state index < -0.39 is 0 Å². The predicted molar refractivity (Wildman–Crippen MR) is 99.5 cm³/mol. The number of benzene rings is 1. The molecule has 1 aromatic carbocycles. The number of pyridine rings is 1. The first-order valence-electron chi connectivity index (χ1n) is 8.78.